The third-order valence-corrected chi connectivity index (χ3v) is 5.50. The molecule has 0 aromatic carbocycles. The molecule has 1 aromatic heterocycles. The van der Waals surface area contributed by atoms with Crippen molar-refractivity contribution < 1.29 is 4.74 Å². The highest BCUT2D eigenvalue weighted by molar-refractivity contribution is 5.30. The Morgan fingerprint density at radius 2 is 1.60 bits per heavy atom. The standard InChI is InChI=1S/C16H23N3O/c17-14-8-18-15(19-9-14)1-2-20-16-12-4-10-3-11(6-12)7-13(16)5-10/h8-13,16H,1-7,17H2. The number of rotatable bonds is 4. The highest BCUT2D eigenvalue weighted by atomic mass is 16.5. The minimum atomic E-state index is 0.511. The molecule has 0 atom stereocenters. The van der Waals surface area contributed by atoms with Gasteiger partial charge in [-0.25, -0.2) is 9.97 Å². The maximum atomic E-state index is 6.24. The predicted molar refractivity (Wildman–Crippen MR) is 76.9 cm³/mol. The van der Waals surface area contributed by atoms with E-state index in [0.29, 0.717) is 11.8 Å². The second-order valence-electron chi connectivity index (χ2n) is 6.95. The Balaban J connectivity index is 1.32. The molecule has 0 unspecified atom stereocenters. The summed E-state index contributed by atoms with van der Waals surface area (Å²) >= 11 is 0. The summed E-state index contributed by atoms with van der Waals surface area (Å²) in [5, 5.41) is 0. The van der Waals surface area contributed by atoms with E-state index in [1.165, 1.54) is 32.1 Å². The van der Waals surface area contributed by atoms with Crippen molar-refractivity contribution in [2.24, 2.45) is 23.7 Å². The molecule has 0 spiro atoms. The fourth-order valence-corrected chi connectivity index (χ4v) is 4.93. The molecular weight excluding hydrogens is 250 g/mol. The topological polar surface area (TPSA) is 61.0 Å². The zero-order chi connectivity index (χ0) is 13.5. The van der Waals surface area contributed by atoms with Crippen LogP contribution in [0.2, 0.25) is 0 Å². The number of nitrogens with zero attached hydrogens (tertiary/aromatic N) is 2. The first-order valence-electron chi connectivity index (χ1n) is 7.96. The fourth-order valence-electron chi connectivity index (χ4n) is 4.93. The van der Waals surface area contributed by atoms with Crippen molar-refractivity contribution in [2.45, 2.75) is 44.6 Å². The summed E-state index contributed by atoms with van der Waals surface area (Å²) in [5.41, 5.74) is 6.22. The van der Waals surface area contributed by atoms with Gasteiger partial charge in [-0.15, -0.1) is 0 Å². The molecule has 4 nitrogen and oxygen atoms in total. The molecule has 0 amide bonds. The lowest BCUT2D eigenvalue weighted by Crippen LogP contribution is -2.49. The fraction of sp³-hybridized carbons (Fsp3) is 0.750. The van der Waals surface area contributed by atoms with E-state index in [0.717, 1.165) is 42.5 Å². The molecule has 0 aliphatic heterocycles. The number of hydrogen-bond donors (Lipinski definition) is 1. The summed E-state index contributed by atoms with van der Waals surface area (Å²) < 4.78 is 6.24. The molecule has 2 N–H and O–H groups in total. The van der Waals surface area contributed by atoms with Gasteiger partial charge >= 0.3 is 0 Å². The van der Waals surface area contributed by atoms with Gasteiger partial charge in [0.05, 0.1) is 30.8 Å². The number of aromatic nitrogens is 2. The summed E-state index contributed by atoms with van der Waals surface area (Å²) in [6.45, 7) is 0.747. The van der Waals surface area contributed by atoms with Crippen LogP contribution in [-0.4, -0.2) is 22.7 Å². The first-order valence-corrected chi connectivity index (χ1v) is 7.96. The average molecular weight is 273 g/mol. The Morgan fingerprint density at radius 1 is 1.00 bits per heavy atom. The van der Waals surface area contributed by atoms with Gasteiger partial charge in [0.2, 0.25) is 0 Å². The Labute approximate surface area is 120 Å². The van der Waals surface area contributed by atoms with E-state index in [2.05, 4.69) is 9.97 Å². The van der Waals surface area contributed by atoms with E-state index in [1.807, 2.05) is 0 Å². The molecule has 1 aromatic rings. The highest BCUT2D eigenvalue weighted by Crippen LogP contribution is 2.54. The van der Waals surface area contributed by atoms with Crippen LogP contribution in [0.4, 0.5) is 5.69 Å². The average Bonchev–Trinajstić information content (AvgIpc) is 2.43. The molecule has 4 saturated carbocycles. The van der Waals surface area contributed by atoms with Crippen LogP contribution in [0.15, 0.2) is 12.4 Å². The van der Waals surface area contributed by atoms with E-state index < -0.39 is 0 Å². The van der Waals surface area contributed by atoms with Gasteiger partial charge in [-0.05, 0) is 55.8 Å². The number of hydrogen-bond acceptors (Lipinski definition) is 4. The van der Waals surface area contributed by atoms with Crippen LogP contribution in [-0.2, 0) is 11.2 Å². The predicted octanol–water partition coefficient (Wildman–Crippen LogP) is 2.44. The van der Waals surface area contributed by atoms with E-state index in [9.17, 15) is 0 Å². The van der Waals surface area contributed by atoms with Crippen LogP contribution >= 0.6 is 0 Å². The summed E-state index contributed by atoms with van der Waals surface area (Å²) in [5.74, 6) is 4.52. The maximum absolute atomic E-state index is 6.24. The molecule has 108 valence electrons. The molecule has 4 aliphatic carbocycles. The zero-order valence-corrected chi connectivity index (χ0v) is 11.9. The van der Waals surface area contributed by atoms with Gasteiger partial charge < -0.3 is 10.5 Å². The molecule has 20 heavy (non-hydrogen) atoms. The SMILES string of the molecule is Nc1cnc(CCOC2C3CC4CC(C3)CC2C4)nc1. The minimum absolute atomic E-state index is 0.511. The quantitative estimate of drug-likeness (QED) is 0.915. The summed E-state index contributed by atoms with van der Waals surface area (Å²) in [4.78, 5) is 8.47. The third-order valence-electron chi connectivity index (χ3n) is 5.50. The van der Waals surface area contributed by atoms with Gasteiger partial charge in [0, 0.05) is 6.42 Å². The van der Waals surface area contributed by atoms with Gasteiger partial charge in [0.1, 0.15) is 5.82 Å². The van der Waals surface area contributed by atoms with E-state index in [1.54, 1.807) is 12.4 Å². The van der Waals surface area contributed by atoms with Crippen LogP contribution in [0.25, 0.3) is 0 Å². The number of nitrogen functional groups attached to an aromatic ring is 1. The van der Waals surface area contributed by atoms with Crippen molar-refractivity contribution in [3.05, 3.63) is 18.2 Å². The van der Waals surface area contributed by atoms with Crippen molar-refractivity contribution in [2.75, 3.05) is 12.3 Å². The lowest BCUT2D eigenvalue weighted by atomic mass is 9.55. The molecule has 4 bridgehead atoms. The van der Waals surface area contributed by atoms with Crippen LogP contribution in [0.5, 0.6) is 0 Å². The van der Waals surface area contributed by atoms with Gasteiger partial charge in [-0.3, -0.25) is 0 Å². The van der Waals surface area contributed by atoms with Crippen molar-refractivity contribution in [3.63, 3.8) is 0 Å². The van der Waals surface area contributed by atoms with Crippen LogP contribution in [0.3, 0.4) is 0 Å². The Kier molecular flexibility index (Phi) is 3.14. The molecule has 4 fully saturated rings. The zero-order valence-electron chi connectivity index (χ0n) is 11.9. The largest absolute Gasteiger partial charge is 0.396 e. The molecule has 4 heteroatoms. The van der Waals surface area contributed by atoms with Gasteiger partial charge in [0.15, 0.2) is 0 Å². The molecule has 0 saturated heterocycles. The normalized spacial score (nSPS) is 38.3. The monoisotopic (exact) mass is 273 g/mol. The van der Waals surface area contributed by atoms with Crippen molar-refractivity contribution in [1.82, 2.24) is 9.97 Å². The maximum Gasteiger partial charge on any atom is 0.130 e. The lowest BCUT2D eigenvalue weighted by molar-refractivity contribution is -0.125. The summed E-state index contributed by atoms with van der Waals surface area (Å²) in [6.07, 6.45) is 11.8. The van der Waals surface area contributed by atoms with Gasteiger partial charge in [0.25, 0.3) is 0 Å². The Hall–Kier alpha value is -1.16. The van der Waals surface area contributed by atoms with Crippen molar-refractivity contribution in [3.8, 4) is 0 Å². The Bertz CT molecular complexity index is 445. The van der Waals surface area contributed by atoms with E-state index in [4.69, 9.17) is 10.5 Å². The van der Waals surface area contributed by atoms with Gasteiger partial charge in [-0.2, -0.15) is 0 Å². The molecule has 4 aliphatic rings. The number of ether oxygens (including phenoxy) is 1. The lowest BCUT2D eigenvalue weighted by Gasteiger charge is -2.54. The van der Waals surface area contributed by atoms with Crippen LogP contribution in [0, 0.1) is 23.7 Å². The highest BCUT2D eigenvalue weighted by Gasteiger charge is 2.48. The second kappa shape index (κ2) is 4.99. The number of nitrogens with two attached hydrogens (primary N) is 1. The first-order chi connectivity index (χ1) is 9.78. The Morgan fingerprint density at radius 3 is 2.20 bits per heavy atom. The smallest absolute Gasteiger partial charge is 0.130 e. The molecule has 5 rings (SSSR count). The van der Waals surface area contributed by atoms with E-state index >= 15 is 0 Å². The number of anilines is 1. The first kappa shape index (κ1) is 12.6. The molecular formula is C16H23N3O. The molecule has 0 radical (unpaired) electrons. The van der Waals surface area contributed by atoms with Crippen molar-refractivity contribution >= 4 is 5.69 Å². The summed E-state index contributed by atoms with van der Waals surface area (Å²) in [7, 11) is 0. The molecule has 1 heterocycles. The van der Waals surface area contributed by atoms with Crippen LogP contribution in [0.1, 0.15) is 37.9 Å². The van der Waals surface area contributed by atoms with E-state index in [-0.39, 0.29) is 0 Å². The second-order valence-corrected chi connectivity index (χ2v) is 6.95. The van der Waals surface area contributed by atoms with Crippen molar-refractivity contribution in [1.29, 1.82) is 0 Å². The summed E-state index contributed by atoms with van der Waals surface area (Å²) in [6, 6.07) is 0. The minimum Gasteiger partial charge on any atom is -0.396 e. The third kappa shape index (κ3) is 2.30. The van der Waals surface area contributed by atoms with Gasteiger partial charge in [-0.1, -0.05) is 0 Å². The van der Waals surface area contributed by atoms with Crippen LogP contribution < -0.4 is 5.73 Å².